The van der Waals surface area contributed by atoms with Gasteiger partial charge in [-0.3, -0.25) is 4.90 Å². The fourth-order valence-corrected chi connectivity index (χ4v) is 2.69. The van der Waals surface area contributed by atoms with E-state index in [-0.39, 0.29) is 0 Å². The van der Waals surface area contributed by atoms with Crippen LogP contribution in [0.25, 0.3) is 11.3 Å². The lowest BCUT2D eigenvalue weighted by Crippen LogP contribution is -2.37. The Kier molecular flexibility index (Phi) is 4.65. The third-order valence-corrected chi connectivity index (χ3v) is 4.13. The standard InChI is InChI=1S/C17H21N3O2/c1-13(20-9-11-22-12-10-20)14-3-5-15(6-4-14)16-7-8-17(21-2)19-18-16/h3-8,13H,9-12H2,1-2H3/t13-/m1/s1. The topological polar surface area (TPSA) is 47.5 Å². The predicted molar refractivity (Wildman–Crippen MR) is 84.8 cm³/mol. The summed E-state index contributed by atoms with van der Waals surface area (Å²) in [4.78, 5) is 2.45. The minimum Gasteiger partial charge on any atom is -0.480 e. The van der Waals surface area contributed by atoms with Gasteiger partial charge in [-0.2, -0.15) is 0 Å². The first kappa shape index (κ1) is 14.9. The van der Waals surface area contributed by atoms with Crippen molar-refractivity contribution in [2.24, 2.45) is 0 Å². The van der Waals surface area contributed by atoms with Gasteiger partial charge in [0.15, 0.2) is 0 Å². The number of morpholine rings is 1. The van der Waals surface area contributed by atoms with Crippen molar-refractivity contribution < 1.29 is 9.47 Å². The van der Waals surface area contributed by atoms with Crippen LogP contribution in [0.15, 0.2) is 36.4 Å². The zero-order valence-corrected chi connectivity index (χ0v) is 13.0. The van der Waals surface area contributed by atoms with Crippen LogP contribution in [-0.2, 0) is 4.74 Å². The lowest BCUT2D eigenvalue weighted by atomic mass is 10.0. The van der Waals surface area contributed by atoms with E-state index in [9.17, 15) is 0 Å². The van der Waals surface area contributed by atoms with E-state index in [0.717, 1.165) is 37.6 Å². The van der Waals surface area contributed by atoms with Gasteiger partial charge in [0.25, 0.3) is 0 Å². The fourth-order valence-electron chi connectivity index (χ4n) is 2.69. The van der Waals surface area contributed by atoms with Gasteiger partial charge in [-0.1, -0.05) is 24.3 Å². The van der Waals surface area contributed by atoms with Crippen molar-refractivity contribution >= 4 is 0 Å². The maximum Gasteiger partial charge on any atom is 0.233 e. The number of rotatable bonds is 4. The molecule has 0 aliphatic carbocycles. The molecule has 1 atom stereocenters. The van der Waals surface area contributed by atoms with E-state index in [0.29, 0.717) is 11.9 Å². The molecule has 1 aliphatic rings. The molecule has 1 aromatic carbocycles. The number of aromatic nitrogens is 2. The predicted octanol–water partition coefficient (Wildman–Crippen LogP) is 2.55. The van der Waals surface area contributed by atoms with Crippen molar-refractivity contribution in [1.29, 1.82) is 0 Å². The van der Waals surface area contributed by atoms with Crippen molar-refractivity contribution in [1.82, 2.24) is 15.1 Å². The molecule has 0 bridgehead atoms. The SMILES string of the molecule is COc1ccc(-c2ccc([C@@H](C)N3CCOCC3)cc2)nn1. The van der Waals surface area contributed by atoms with Crippen LogP contribution < -0.4 is 4.74 Å². The zero-order valence-electron chi connectivity index (χ0n) is 13.0. The molecule has 116 valence electrons. The second-order valence-corrected chi connectivity index (χ2v) is 5.41. The minimum atomic E-state index is 0.403. The molecule has 22 heavy (non-hydrogen) atoms. The van der Waals surface area contributed by atoms with Crippen LogP contribution in [0.2, 0.25) is 0 Å². The highest BCUT2D eigenvalue weighted by molar-refractivity contribution is 5.59. The van der Waals surface area contributed by atoms with Gasteiger partial charge in [0.05, 0.1) is 26.0 Å². The maximum absolute atomic E-state index is 5.41. The summed E-state index contributed by atoms with van der Waals surface area (Å²) in [5.74, 6) is 0.529. The normalized spacial score (nSPS) is 17.2. The molecule has 0 amide bonds. The molecular formula is C17H21N3O2. The minimum absolute atomic E-state index is 0.403. The number of hydrogen-bond donors (Lipinski definition) is 0. The third-order valence-electron chi connectivity index (χ3n) is 4.13. The van der Waals surface area contributed by atoms with Gasteiger partial charge in [-0.15, -0.1) is 10.2 Å². The summed E-state index contributed by atoms with van der Waals surface area (Å²) < 4.78 is 10.4. The molecule has 0 spiro atoms. The molecule has 3 rings (SSSR count). The summed E-state index contributed by atoms with van der Waals surface area (Å²) in [6.45, 7) is 5.88. The summed E-state index contributed by atoms with van der Waals surface area (Å²) in [7, 11) is 1.59. The van der Waals surface area contributed by atoms with Gasteiger partial charge in [-0.25, -0.2) is 0 Å². The molecule has 1 fully saturated rings. The molecule has 1 saturated heterocycles. The number of ether oxygens (including phenoxy) is 2. The summed E-state index contributed by atoms with van der Waals surface area (Å²) in [5, 5.41) is 8.19. The number of nitrogens with zero attached hydrogens (tertiary/aromatic N) is 3. The van der Waals surface area contributed by atoms with Gasteiger partial charge in [0.2, 0.25) is 5.88 Å². The van der Waals surface area contributed by atoms with Crippen LogP contribution in [0.5, 0.6) is 5.88 Å². The van der Waals surface area contributed by atoms with Crippen molar-refractivity contribution in [3.8, 4) is 17.1 Å². The van der Waals surface area contributed by atoms with Gasteiger partial charge in [0.1, 0.15) is 0 Å². The van der Waals surface area contributed by atoms with E-state index in [4.69, 9.17) is 9.47 Å². The largest absolute Gasteiger partial charge is 0.480 e. The quantitative estimate of drug-likeness (QED) is 0.868. The lowest BCUT2D eigenvalue weighted by Gasteiger charge is -2.32. The second-order valence-electron chi connectivity index (χ2n) is 5.41. The van der Waals surface area contributed by atoms with Gasteiger partial charge >= 0.3 is 0 Å². The van der Waals surface area contributed by atoms with Crippen LogP contribution in [0.3, 0.4) is 0 Å². The summed E-state index contributed by atoms with van der Waals surface area (Å²) in [5.41, 5.74) is 3.23. The Bertz CT molecular complexity index is 592. The maximum atomic E-state index is 5.41. The molecule has 2 aromatic rings. The van der Waals surface area contributed by atoms with Crippen LogP contribution in [0, 0.1) is 0 Å². The molecule has 0 N–H and O–H groups in total. The highest BCUT2D eigenvalue weighted by Crippen LogP contribution is 2.24. The van der Waals surface area contributed by atoms with E-state index < -0.39 is 0 Å². The lowest BCUT2D eigenvalue weighted by molar-refractivity contribution is 0.0198. The van der Waals surface area contributed by atoms with E-state index in [2.05, 4.69) is 46.3 Å². The van der Waals surface area contributed by atoms with E-state index in [1.807, 2.05) is 12.1 Å². The Morgan fingerprint density at radius 3 is 2.36 bits per heavy atom. The number of methoxy groups -OCH3 is 1. The smallest absolute Gasteiger partial charge is 0.233 e. The van der Waals surface area contributed by atoms with Crippen molar-refractivity contribution in [3.05, 3.63) is 42.0 Å². The van der Waals surface area contributed by atoms with Crippen molar-refractivity contribution in [2.75, 3.05) is 33.4 Å². The third kappa shape index (κ3) is 3.26. The fraction of sp³-hybridized carbons (Fsp3) is 0.412. The first-order valence-corrected chi connectivity index (χ1v) is 7.58. The average Bonchev–Trinajstić information content (AvgIpc) is 2.62. The monoisotopic (exact) mass is 299 g/mol. The molecule has 0 radical (unpaired) electrons. The van der Waals surface area contributed by atoms with Gasteiger partial charge < -0.3 is 9.47 Å². The highest BCUT2D eigenvalue weighted by Gasteiger charge is 2.18. The van der Waals surface area contributed by atoms with Crippen molar-refractivity contribution in [2.45, 2.75) is 13.0 Å². The molecule has 1 aromatic heterocycles. The first-order valence-electron chi connectivity index (χ1n) is 7.58. The molecular weight excluding hydrogens is 278 g/mol. The second kappa shape index (κ2) is 6.85. The summed E-state index contributed by atoms with van der Waals surface area (Å²) in [6, 6.07) is 12.7. The Morgan fingerprint density at radius 2 is 1.77 bits per heavy atom. The van der Waals surface area contributed by atoms with Crippen LogP contribution >= 0.6 is 0 Å². The first-order chi connectivity index (χ1) is 10.8. The van der Waals surface area contributed by atoms with Crippen LogP contribution in [-0.4, -0.2) is 48.5 Å². The number of hydrogen-bond acceptors (Lipinski definition) is 5. The molecule has 5 nitrogen and oxygen atoms in total. The Balaban J connectivity index is 1.73. The number of benzene rings is 1. The molecule has 0 saturated carbocycles. The molecule has 2 heterocycles. The molecule has 0 unspecified atom stereocenters. The average molecular weight is 299 g/mol. The van der Waals surface area contributed by atoms with E-state index in [1.165, 1.54) is 5.56 Å². The van der Waals surface area contributed by atoms with E-state index >= 15 is 0 Å². The van der Waals surface area contributed by atoms with Crippen LogP contribution in [0.4, 0.5) is 0 Å². The van der Waals surface area contributed by atoms with E-state index in [1.54, 1.807) is 7.11 Å². The van der Waals surface area contributed by atoms with Crippen molar-refractivity contribution in [3.63, 3.8) is 0 Å². The van der Waals surface area contributed by atoms with Gasteiger partial charge in [-0.05, 0) is 18.6 Å². The Labute approximate surface area is 130 Å². The van der Waals surface area contributed by atoms with Crippen LogP contribution in [0.1, 0.15) is 18.5 Å². The highest BCUT2D eigenvalue weighted by atomic mass is 16.5. The molecule has 1 aliphatic heterocycles. The Hall–Kier alpha value is -1.98. The Morgan fingerprint density at radius 1 is 1.05 bits per heavy atom. The molecule has 5 heteroatoms. The summed E-state index contributed by atoms with van der Waals surface area (Å²) in [6.07, 6.45) is 0. The zero-order chi connectivity index (χ0) is 15.4. The summed E-state index contributed by atoms with van der Waals surface area (Å²) >= 11 is 0. The van der Waals surface area contributed by atoms with Gasteiger partial charge in [0, 0.05) is 30.8 Å².